The Morgan fingerprint density at radius 2 is 1.82 bits per heavy atom. The summed E-state index contributed by atoms with van der Waals surface area (Å²) in [5.74, 6) is -0.0180. The molecule has 0 bridgehead atoms. The number of carbonyl (C=O) groups is 2. The molecule has 0 radical (unpaired) electrons. The highest BCUT2D eigenvalue weighted by Crippen LogP contribution is 2.37. The van der Waals surface area contributed by atoms with E-state index in [1.807, 2.05) is 63.2 Å². The minimum Gasteiger partial charge on any atom is -0.353 e. The number of pyridine rings is 2. The predicted octanol–water partition coefficient (Wildman–Crippen LogP) is 7.08. The molecule has 1 aromatic carbocycles. The van der Waals surface area contributed by atoms with Gasteiger partial charge in [0.2, 0.25) is 5.91 Å². The first kappa shape index (κ1) is 24.7. The number of rotatable bonds is 5. The third-order valence-corrected chi connectivity index (χ3v) is 7.74. The maximum absolute atomic E-state index is 12.5. The average molecular weight is 535 g/mol. The van der Waals surface area contributed by atoms with E-state index in [-0.39, 0.29) is 11.7 Å². The third-order valence-electron chi connectivity index (χ3n) is 6.52. The monoisotopic (exact) mass is 534 g/mol. The molecule has 0 spiro atoms. The highest BCUT2D eigenvalue weighted by molar-refractivity contribution is 7.17. The van der Waals surface area contributed by atoms with E-state index in [1.165, 1.54) is 11.3 Å². The number of benzene rings is 1. The summed E-state index contributed by atoms with van der Waals surface area (Å²) in [7, 11) is 0. The number of aromatic amines is 2. The molecule has 5 heterocycles. The van der Waals surface area contributed by atoms with Crippen molar-refractivity contribution in [1.82, 2.24) is 25.1 Å². The van der Waals surface area contributed by atoms with Gasteiger partial charge in [-0.1, -0.05) is 32.9 Å². The van der Waals surface area contributed by atoms with Crippen LogP contribution in [0.4, 0.5) is 5.69 Å². The number of Topliss-reactive ketones (excluding diaryl/α,β-unsaturated/α-hetero) is 1. The largest absolute Gasteiger partial charge is 0.353 e. The fraction of sp³-hybridized carbons (Fsp3) is 0.167. The van der Waals surface area contributed by atoms with Crippen LogP contribution in [0.15, 0.2) is 67.0 Å². The molecular weight excluding hydrogens is 508 g/mol. The highest BCUT2D eigenvalue weighted by atomic mass is 32.1. The second kappa shape index (κ2) is 9.28. The standard InChI is InChI=1S/C30H26N6O2S/c1-16(37)25-10-11-26(39-25)19-6-5-7-22-20(19)13-24(33-22)28-27-23(35-36-28)9-8-21(34-27)17-12-18(15-31-14-17)32-29(38)30(2,3)4/h5-15,33H,1-4H3,(H,32,38)(H,35,36). The number of hydrogen-bond donors (Lipinski definition) is 3. The molecule has 6 rings (SSSR count). The molecule has 0 fully saturated rings. The van der Waals surface area contributed by atoms with Gasteiger partial charge in [0.1, 0.15) is 11.2 Å². The SMILES string of the molecule is CC(=O)c1ccc(-c2cccc3[nH]c(-c4n[nH]c5ccc(-c6cncc(NC(=O)C(C)(C)C)c6)nc45)cc23)s1. The van der Waals surface area contributed by atoms with Crippen molar-refractivity contribution in [2.75, 3.05) is 5.32 Å². The fourth-order valence-corrected chi connectivity index (χ4v) is 5.32. The Balaban J connectivity index is 1.39. The number of H-pyrrole nitrogens is 2. The lowest BCUT2D eigenvalue weighted by atomic mass is 9.95. The molecule has 194 valence electrons. The molecule has 0 saturated carbocycles. The van der Waals surface area contributed by atoms with Crippen molar-refractivity contribution >= 4 is 50.7 Å². The number of anilines is 1. The average Bonchev–Trinajstić information content (AvgIpc) is 3.65. The van der Waals surface area contributed by atoms with Gasteiger partial charge in [0.25, 0.3) is 0 Å². The van der Waals surface area contributed by atoms with Crippen molar-refractivity contribution < 1.29 is 9.59 Å². The number of fused-ring (bicyclic) bond motifs is 2. The van der Waals surface area contributed by atoms with Gasteiger partial charge in [0.05, 0.1) is 33.7 Å². The molecule has 0 saturated heterocycles. The van der Waals surface area contributed by atoms with Gasteiger partial charge in [-0.2, -0.15) is 5.10 Å². The summed E-state index contributed by atoms with van der Waals surface area (Å²) in [4.78, 5) is 38.8. The number of hydrogen-bond acceptors (Lipinski definition) is 6. The molecule has 9 heteroatoms. The maximum Gasteiger partial charge on any atom is 0.229 e. The van der Waals surface area contributed by atoms with Gasteiger partial charge >= 0.3 is 0 Å². The molecular formula is C30H26N6O2S. The topological polar surface area (TPSA) is 116 Å². The Kier molecular flexibility index (Phi) is 5.88. The normalized spacial score (nSPS) is 11.8. The van der Waals surface area contributed by atoms with E-state index in [0.29, 0.717) is 11.4 Å². The minimum absolute atomic E-state index is 0.0652. The summed E-state index contributed by atoms with van der Waals surface area (Å²) in [6.45, 7) is 7.19. The Labute approximate surface area is 228 Å². The van der Waals surface area contributed by atoms with Crippen molar-refractivity contribution in [1.29, 1.82) is 0 Å². The number of carbonyl (C=O) groups excluding carboxylic acids is 2. The molecule has 0 atom stereocenters. The van der Waals surface area contributed by atoms with Gasteiger partial charge in [-0.3, -0.25) is 19.7 Å². The van der Waals surface area contributed by atoms with Crippen LogP contribution in [0.25, 0.3) is 55.0 Å². The van der Waals surface area contributed by atoms with Crippen LogP contribution in [0.1, 0.15) is 37.4 Å². The van der Waals surface area contributed by atoms with Crippen LogP contribution in [0.3, 0.4) is 0 Å². The van der Waals surface area contributed by atoms with Crippen molar-refractivity contribution in [2.24, 2.45) is 5.41 Å². The number of aromatic nitrogens is 5. The second-order valence-electron chi connectivity index (χ2n) is 10.5. The summed E-state index contributed by atoms with van der Waals surface area (Å²) in [5, 5.41) is 11.6. The van der Waals surface area contributed by atoms with Gasteiger partial charge in [0.15, 0.2) is 5.78 Å². The van der Waals surface area contributed by atoms with Crippen molar-refractivity contribution in [3.63, 3.8) is 0 Å². The summed E-state index contributed by atoms with van der Waals surface area (Å²) in [5.41, 5.74) is 6.70. The lowest BCUT2D eigenvalue weighted by molar-refractivity contribution is -0.123. The first-order valence-corrected chi connectivity index (χ1v) is 13.3. The van der Waals surface area contributed by atoms with Gasteiger partial charge in [0, 0.05) is 38.5 Å². The maximum atomic E-state index is 12.5. The molecule has 3 N–H and O–H groups in total. The molecule has 5 aromatic heterocycles. The summed E-state index contributed by atoms with van der Waals surface area (Å²) >= 11 is 1.49. The highest BCUT2D eigenvalue weighted by Gasteiger charge is 2.22. The van der Waals surface area contributed by atoms with Crippen molar-refractivity contribution in [3.05, 3.63) is 71.9 Å². The Bertz CT molecular complexity index is 1890. The summed E-state index contributed by atoms with van der Waals surface area (Å²) < 4.78 is 0. The van der Waals surface area contributed by atoms with E-state index in [4.69, 9.17) is 4.98 Å². The van der Waals surface area contributed by atoms with Crippen LogP contribution in [0.5, 0.6) is 0 Å². The van der Waals surface area contributed by atoms with Gasteiger partial charge in [-0.05, 0) is 49.4 Å². The predicted molar refractivity (Wildman–Crippen MR) is 156 cm³/mol. The Morgan fingerprint density at radius 1 is 0.974 bits per heavy atom. The Hall–Kier alpha value is -4.63. The summed E-state index contributed by atoms with van der Waals surface area (Å²) in [6, 6.07) is 17.8. The van der Waals surface area contributed by atoms with E-state index in [9.17, 15) is 9.59 Å². The van der Waals surface area contributed by atoms with E-state index in [1.54, 1.807) is 19.3 Å². The first-order chi connectivity index (χ1) is 18.7. The quantitative estimate of drug-likeness (QED) is 0.204. The first-order valence-electron chi connectivity index (χ1n) is 12.5. The smallest absolute Gasteiger partial charge is 0.229 e. The lowest BCUT2D eigenvalue weighted by Gasteiger charge is -2.17. The van der Waals surface area contributed by atoms with Crippen LogP contribution in [0.2, 0.25) is 0 Å². The van der Waals surface area contributed by atoms with Crippen molar-refractivity contribution in [2.45, 2.75) is 27.7 Å². The lowest BCUT2D eigenvalue weighted by Crippen LogP contribution is -2.27. The molecule has 0 aliphatic heterocycles. The molecule has 0 aliphatic rings. The van der Waals surface area contributed by atoms with Crippen LogP contribution >= 0.6 is 11.3 Å². The number of thiophene rings is 1. The van der Waals surface area contributed by atoms with E-state index < -0.39 is 5.41 Å². The zero-order chi connectivity index (χ0) is 27.3. The molecule has 8 nitrogen and oxygen atoms in total. The zero-order valence-corrected chi connectivity index (χ0v) is 22.7. The number of nitrogens with one attached hydrogen (secondary N) is 3. The van der Waals surface area contributed by atoms with Gasteiger partial charge < -0.3 is 10.3 Å². The molecule has 0 aliphatic carbocycles. The number of ketones is 1. The van der Waals surface area contributed by atoms with Crippen LogP contribution in [-0.4, -0.2) is 36.8 Å². The van der Waals surface area contributed by atoms with E-state index in [0.717, 1.165) is 54.2 Å². The molecule has 0 unspecified atom stereocenters. The van der Waals surface area contributed by atoms with E-state index >= 15 is 0 Å². The summed E-state index contributed by atoms with van der Waals surface area (Å²) in [6.07, 6.45) is 3.36. The van der Waals surface area contributed by atoms with Crippen LogP contribution < -0.4 is 5.32 Å². The number of nitrogens with zero attached hydrogens (tertiary/aromatic N) is 3. The van der Waals surface area contributed by atoms with Gasteiger partial charge in [-0.15, -0.1) is 11.3 Å². The molecule has 39 heavy (non-hydrogen) atoms. The van der Waals surface area contributed by atoms with Crippen LogP contribution in [-0.2, 0) is 4.79 Å². The van der Waals surface area contributed by atoms with Crippen LogP contribution in [0, 0.1) is 5.41 Å². The van der Waals surface area contributed by atoms with Gasteiger partial charge in [-0.25, -0.2) is 4.98 Å². The minimum atomic E-state index is -0.516. The third kappa shape index (κ3) is 4.61. The Morgan fingerprint density at radius 3 is 2.59 bits per heavy atom. The van der Waals surface area contributed by atoms with Crippen molar-refractivity contribution in [3.8, 4) is 33.1 Å². The fourth-order valence-electron chi connectivity index (χ4n) is 4.38. The zero-order valence-electron chi connectivity index (χ0n) is 21.9. The molecule has 6 aromatic rings. The molecule has 1 amide bonds. The second-order valence-corrected chi connectivity index (χ2v) is 11.6. The number of amides is 1. The van der Waals surface area contributed by atoms with E-state index in [2.05, 4.69) is 37.6 Å².